The number of amides is 1. The SMILES string of the molecule is CCC(CNC(=O)C1CCN(S(=O)(=O)c2cc([N+](=O)[O-])ccc2C)CC1)c1ccccc1. The Morgan fingerprint density at radius 3 is 2.44 bits per heavy atom. The van der Waals surface area contributed by atoms with E-state index in [2.05, 4.69) is 24.4 Å². The molecule has 3 rings (SSSR count). The van der Waals surface area contributed by atoms with E-state index < -0.39 is 14.9 Å². The van der Waals surface area contributed by atoms with Gasteiger partial charge in [-0.15, -0.1) is 0 Å². The largest absolute Gasteiger partial charge is 0.355 e. The van der Waals surface area contributed by atoms with Gasteiger partial charge < -0.3 is 5.32 Å². The quantitative estimate of drug-likeness (QED) is 0.479. The molecular weight excluding hydrogens is 430 g/mol. The van der Waals surface area contributed by atoms with E-state index in [9.17, 15) is 23.3 Å². The first-order valence-electron chi connectivity index (χ1n) is 10.8. The predicted octanol–water partition coefficient (Wildman–Crippen LogP) is 3.61. The number of sulfonamides is 1. The highest BCUT2D eigenvalue weighted by molar-refractivity contribution is 7.89. The van der Waals surface area contributed by atoms with Crippen LogP contribution in [0.1, 0.15) is 43.2 Å². The number of non-ortho nitro benzene ring substituents is 1. The molecule has 0 aliphatic carbocycles. The third-order valence-corrected chi connectivity index (χ3v) is 8.15. The smallest absolute Gasteiger partial charge is 0.270 e. The lowest BCUT2D eigenvalue weighted by Gasteiger charge is -2.31. The van der Waals surface area contributed by atoms with Crippen molar-refractivity contribution in [3.63, 3.8) is 0 Å². The second-order valence-electron chi connectivity index (χ2n) is 8.15. The van der Waals surface area contributed by atoms with Gasteiger partial charge in [-0.2, -0.15) is 4.31 Å². The number of hydrogen-bond acceptors (Lipinski definition) is 5. The Labute approximate surface area is 188 Å². The van der Waals surface area contributed by atoms with Crippen LogP contribution in [0.25, 0.3) is 0 Å². The van der Waals surface area contributed by atoms with Gasteiger partial charge >= 0.3 is 0 Å². The van der Waals surface area contributed by atoms with Gasteiger partial charge in [-0.1, -0.05) is 43.3 Å². The molecule has 32 heavy (non-hydrogen) atoms. The summed E-state index contributed by atoms with van der Waals surface area (Å²) in [4.78, 5) is 23.1. The standard InChI is InChI=1S/C23H29N3O5S/c1-3-18(19-7-5-4-6-8-19)16-24-23(27)20-11-13-25(14-12-20)32(30,31)22-15-21(26(28)29)10-9-17(22)2/h4-10,15,18,20H,3,11-14,16H2,1-2H3,(H,24,27). The van der Waals surface area contributed by atoms with E-state index in [1.807, 2.05) is 18.2 Å². The zero-order valence-electron chi connectivity index (χ0n) is 18.4. The van der Waals surface area contributed by atoms with Crippen molar-refractivity contribution in [3.8, 4) is 0 Å². The van der Waals surface area contributed by atoms with Gasteiger partial charge in [0.05, 0.1) is 9.82 Å². The maximum atomic E-state index is 13.1. The number of carbonyl (C=O) groups is 1. The van der Waals surface area contributed by atoms with Crippen molar-refractivity contribution in [2.24, 2.45) is 5.92 Å². The van der Waals surface area contributed by atoms with Crippen molar-refractivity contribution in [1.82, 2.24) is 9.62 Å². The van der Waals surface area contributed by atoms with Gasteiger partial charge in [0.15, 0.2) is 0 Å². The summed E-state index contributed by atoms with van der Waals surface area (Å²) in [6, 6.07) is 13.9. The van der Waals surface area contributed by atoms with Gasteiger partial charge in [-0.25, -0.2) is 8.42 Å². The van der Waals surface area contributed by atoms with E-state index in [0.29, 0.717) is 24.9 Å². The van der Waals surface area contributed by atoms with Gasteiger partial charge in [0, 0.05) is 43.6 Å². The topological polar surface area (TPSA) is 110 Å². The lowest BCUT2D eigenvalue weighted by atomic mass is 9.94. The van der Waals surface area contributed by atoms with Gasteiger partial charge in [-0.05, 0) is 37.3 Å². The molecule has 2 aromatic carbocycles. The molecule has 1 heterocycles. The first-order chi connectivity index (χ1) is 15.2. The van der Waals surface area contributed by atoms with Crippen molar-refractivity contribution in [2.45, 2.75) is 43.9 Å². The highest BCUT2D eigenvalue weighted by atomic mass is 32.2. The molecule has 1 fully saturated rings. The zero-order valence-corrected chi connectivity index (χ0v) is 19.2. The molecule has 1 saturated heterocycles. The van der Waals surface area contributed by atoms with Crippen LogP contribution in [0.2, 0.25) is 0 Å². The number of aryl methyl sites for hydroxylation is 1. The fourth-order valence-electron chi connectivity index (χ4n) is 4.07. The number of benzene rings is 2. The second kappa shape index (κ2) is 10.2. The average molecular weight is 460 g/mol. The molecule has 2 aromatic rings. The van der Waals surface area contributed by atoms with E-state index >= 15 is 0 Å². The fourth-order valence-corrected chi connectivity index (χ4v) is 5.78. The van der Waals surface area contributed by atoms with Crippen molar-refractivity contribution in [2.75, 3.05) is 19.6 Å². The van der Waals surface area contributed by atoms with E-state index in [0.717, 1.165) is 12.5 Å². The first-order valence-corrected chi connectivity index (χ1v) is 12.3. The number of rotatable bonds is 8. The lowest BCUT2D eigenvalue weighted by molar-refractivity contribution is -0.385. The first kappa shape index (κ1) is 23.9. The summed E-state index contributed by atoms with van der Waals surface area (Å²) in [5, 5.41) is 14.1. The Balaban J connectivity index is 1.60. The maximum Gasteiger partial charge on any atom is 0.270 e. The summed E-state index contributed by atoms with van der Waals surface area (Å²) in [7, 11) is -3.87. The van der Waals surface area contributed by atoms with E-state index in [-0.39, 0.29) is 41.4 Å². The molecule has 1 amide bonds. The minimum absolute atomic E-state index is 0.0525. The predicted molar refractivity (Wildman–Crippen MR) is 122 cm³/mol. The van der Waals surface area contributed by atoms with Crippen LogP contribution in [0.3, 0.4) is 0 Å². The van der Waals surface area contributed by atoms with Crippen LogP contribution in [0, 0.1) is 23.0 Å². The zero-order chi connectivity index (χ0) is 23.3. The van der Waals surface area contributed by atoms with Crippen LogP contribution in [0.5, 0.6) is 0 Å². The highest BCUT2D eigenvalue weighted by Gasteiger charge is 2.33. The van der Waals surface area contributed by atoms with Crippen molar-refractivity contribution in [3.05, 3.63) is 69.8 Å². The summed E-state index contributed by atoms with van der Waals surface area (Å²) in [6.07, 6.45) is 1.74. The van der Waals surface area contributed by atoms with Gasteiger partial charge in [-0.3, -0.25) is 14.9 Å². The van der Waals surface area contributed by atoms with Crippen LogP contribution >= 0.6 is 0 Å². The highest BCUT2D eigenvalue weighted by Crippen LogP contribution is 2.28. The third-order valence-electron chi connectivity index (χ3n) is 6.11. The van der Waals surface area contributed by atoms with E-state index in [1.54, 1.807) is 6.92 Å². The Bertz CT molecular complexity index is 1060. The van der Waals surface area contributed by atoms with Crippen LogP contribution in [0.15, 0.2) is 53.4 Å². The van der Waals surface area contributed by atoms with Gasteiger partial charge in [0.2, 0.25) is 15.9 Å². The normalized spacial score (nSPS) is 16.4. The Hall–Kier alpha value is -2.78. The lowest BCUT2D eigenvalue weighted by Crippen LogP contribution is -2.43. The molecule has 0 spiro atoms. The molecule has 1 aliphatic rings. The number of piperidine rings is 1. The molecule has 0 saturated carbocycles. The van der Waals surface area contributed by atoms with E-state index in [1.165, 1.54) is 22.0 Å². The number of nitro groups is 1. The maximum absolute atomic E-state index is 13.1. The molecule has 0 bridgehead atoms. The Morgan fingerprint density at radius 1 is 1.19 bits per heavy atom. The molecule has 0 aromatic heterocycles. The summed E-state index contributed by atoms with van der Waals surface area (Å²) in [5.41, 5.74) is 1.39. The molecule has 1 N–H and O–H groups in total. The third kappa shape index (κ3) is 5.34. The second-order valence-corrected chi connectivity index (χ2v) is 10.1. The molecule has 1 aliphatic heterocycles. The van der Waals surface area contributed by atoms with Gasteiger partial charge in [0.1, 0.15) is 0 Å². The molecule has 9 heteroatoms. The molecule has 0 radical (unpaired) electrons. The number of hydrogen-bond donors (Lipinski definition) is 1. The van der Waals surface area contributed by atoms with Crippen molar-refractivity contribution >= 4 is 21.6 Å². The van der Waals surface area contributed by atoms with Crippen molar-refractivity contribution < 1.29 is 18.1 Å². The molecule has 1 unspecified atom stereocenters. The molecule has 172 valence electrons. The molecular formula is C23H29N3O5S. The summed E-state index contributed by atoms with van der Waals surface area (Å²) in [6.45, 7) is 4.67. The molecule has 1 atom stereocenters. The van der Waals surface area contributed by atoms with E-state index in [4.69, 9.17) is 0 Å². The number of carbonyl (C=O) groups excluding carboxylic acids is 1. The average Bonchev–Trinajstić information content (AvgIpc) is 2.80. The summed E-state index contributed by atoms with van der Waals surface area (Å²) >= 11 is 0. The monoisotopic (exact) mass is 459 g/mol. The number of nitrogens with zero attached hydrogens (tertiary/aromatic N) is 2. The fraction of sp³-hybridized carbons (Fsp3) is 0.435. The number of nitrogens with one attached hydrogen (secondary N) is 1. The summed E-state index contributed by atoms with van der Waals surface area (Å²) in [5.74, 6) is -0.0682. The number of nitro benzene ring substituents is 1. The minimum atomic E-state index is -3.87. The van der Waals surface area contributed by atoms with Crippen LogP contribution < -0.4 is 5.32 Å². The van der Waals surface area contributed by atoms with Crippen molar-refractivity contribution in [1.29, 1.82) is 0 Å². The summed E-state index contributed by atoms with van der Waals surface area (Å²) < 4.78 is 27.5. The molecule has 8 nitrogen and oxygen atoms in total. The van der Waals surface area contributed by atoms with Crippen LogP contribution in [-0.2, 0) is 14.8 Å². The van der Waals surface area contributed by atoms with Crippen LogP contribution in [0.4, 0.5) is 5.69 Å². The Morgan fingerprint density at radius 2 is 1.84 bits per heavy atom. The Kier molecular flexibility index (Phi) is 7.63. The van der Waals surface area contributed by atoms with Crippen LogP contribution in [-0.4, -0.2) is 43.2 Å². The van der Waals surface area contributed by atoms with Gasteiger partial charge in [0.25, 0.3) is 5.69 Å². The minimum Gasteiger partial charge on any atom is -0.355 e.